The lowest BCUT2D eigenvalue weighted by atomic mass is 9.78. The number of rotatable bonds is 7. The van der Waals surface area contributed by atoms with Crippen molar-refractivity contribution in [3.05, 3.63) is 0 Å². The Bertz CT molecular complexity index is 157. The van der Waals surface area contributed by atoms with E-state index >= 15 is 0 Å². The van der Waals surface area contributed by atoms with Crippen molar-refractivity contribution >= 4 is 0 Å². The summed E-state index contributed by atoms with van der Waals surface area (Å²) in [6.07, 6.45) is 4.17. The van der Waals surface area contributed by atoms with Gasteiger partial charge in [-0.1, -0.05) is 61.3 Å². The molecule has 0 aliphatic heterocycles. The molecular formula is C15H35F. The highest BCUT2D eigenvalue weighted by Crippen LogP contribution is 2.29. The zero-order valence-electron chi connectivity index (χ0n) is 12.4. The Balaban J connectivity index is -0.000000980. The molecule has 16 heavy (non-hydrogen) atoms. The van der Waals surface area contributed by atoms with Crippen LogP contribution in [0.15, 0.2) is 0 Å². The molecule has 0 aromatic rings. The third-order valence-electron chi connectivity index (χ3n) is 3.84. The number of hydrogen-bond donors (Lipinski definition) is 0. The van der Waals surface area contributed by atoms with Gasteiger partial charge in [0.2, 0.25) is 0 Å². The fourth-order valence-corrected chi connectivity index (χ4v) is 2.38. The molecule has 1 heteroatoms. The van der Waals surface area contributed by atoms with E-state index in [-0.39, 0.29) is 6.13 Å². The Morgan fingerprint density at radius 3 is 1.56 bits per heavy atom. The SMILES string of the molecule is CC(C)CCC(C)C(C)C(C)CC(C)C.F.[HH]. The van der Waals surface area contributed by atoms with E-state index in [1.54, 1.807) is 0 Å². The molecule has 0 aromatic heterocycles. The minimum Gasteiger partial charge on any atom is -0.269 e. The molecule has 0 aliphatic carbocycles. The quantitative estimate of drug-likeness (QED) is 0.524. The maximum atomic E-state index is 2.44. The molecule has 0 spiro atoms. The van der Waals surface area contributed by atoms with Gasteiger partial charge in [0.25, 0.3) is 0 Å². The largest absolute Gasteiger partial charge is 0.269 e. The van der Waals surface area contributed by atoms with E-state index in [0.29, 0.717) is 0 Å². The van der Waals surface area contributed by atoms with E-state index in [1.807, 2.05) is 0 Å². The average Bonchev–Trinajstić information content (AvgIpc) is 2.11. The molecule has 0 N–H and O–H groups in total. The van der Waals surface area contributed by atoms with Crippen molar-refractivity contribution in [1.82, 2.24) is 0 Å². The van der Waals surface area contributed by atoms with Crippen LogP contribution in [0, 0.1) is 29.6 Å². The zero-order chi connectivity index (χ0) is 12.0. The smallest absolute Gasteiger partial charge is 0 e. The lowest BCUT2D eigenvalue weighted by Gasteiger charge is -2.27. The maximum Gasteiger partial charge on any atom is 0 e. The van der Waals surface area contributed by atoms with Crippen LogP contribution in [0.25, 0.3) is 0 Å². The van der Waals surface area contributed by atoms with E-state index in [9.17, 15) is 0 Å². The molecule has 0 amide bonds. The summed E-state index contributed by atoms with van der Waals surface area (Å²) in [5.41, 5.74) is 0. The first-order valence-electron chi connectivity index (χ1n) is 6.84. The van der Waals surface area contributed by atoms with Gasteiger partial charge in [0.1, 0.15) is 0 Å². The van der Waals surface area contributed by atoms with E-state index in [2.05, 4.69) is 48.5 Å². The van der Waals surface area contributed by atoms with Crippen molar-refractivity contribution in [3.8, 4) is 0 Å². The van der Waals surface area contributed by atoms with E-state index in [4.69, 9.17) is 0 Å². The summed E-state index contributed by atoms with van der Waals surface area (Å²) < 4.78 is 0. The van der Waals surface area contributed by atoms with Gasteiger partial charge in [0, 0.05) is 1.43 Å². The van der Waals surface area contributed by atoms with Gasteiger partial charge in [-0.05, 0) is 36.0 Å². The van der Waals surface area contributed by atoms with Crippen LogP contribution in [-0.4, -0.2) is 0 Å². The molecule has 102 valence electrons. The molecule has 0 aromatic carbocycles. The normalized spacial score (nSPS) is 17.1. The number of halogens is 1. The Morgan fingerprint density at radius 2 is 1.19 bits per heavy atom. The topological polar surface area (TPSA) is 0 Å². The van der Waals surface area contributed by atoms with Crippen LogP contribution in [0.3, 0.4) is 0 Å². The molecule has 0 radical (unpaired) electrons. The van der Waals surface area contributed by atoms with Crippen molar-refractivity contribution < 1.29 is 6.13 Å². The summed E-state index contributed by atoms with van der Waals surface area (Å²) in [5, 5.41) is 0. The van der Waals surface area contributed by atoms with E-state index in [0.717, 1.165) is 29.6 Å². The van der Waals surface area contributed by atoms with Crippen molar-refractivity contribution in [1.29, 1.82) is 0 Å². The summed E-state index contributed by atoms with van der Waals surface area (Å²) in [7, 11) is 0. The summed E-state index contributed by atoms with van der Waals surface area (Å²) in [6.45, 7) is 16.6. The highest BCUT2D eigenvalue weighted by molar-refractivity contribution is 4.70. The Labute approximate surface area is 104 Å². The van der Waals surface area contributed by atoms with Crippen LogP contribution in [0.4, 0.5) is 4.70 Å². The molecule has 3 unspecified atom stereocenters. The van der Waals surface area contributed by atoms with Crippen LogP contribution in [-0.2, 0) is 0 Å². The van der Waals surface area contributed by atoms with Crippen molar-refractivity contribution in [2.24, 2.45) is 29.6 Å². The lowest BCUT2D eigenvalue weighted by Crippen LogP contribution is -2.18. The monoisotopic (exact) mass is 234 g/mol. The van der Waals surface area contributed by atoms with Gasteiger partial charge in [0.15, 0.2) is 0 Å². The standard InChI is InChI=1S/C15H32.FH.H2/c1-11(2)8-9-13(5)15(7)14(6)10-12(3)4;;/h11-15H,8-10H2,1-7H3;2*1H. The highest BCUT2D eigenvalue weighted by Gasteiger charge is 2.19. The predicted octanol–water partition coefficient (Wildman–Crippen LogP) is 5.78. The van der Waals surface area contributed by atoms with Crippen LogP contribution in [0.1, 0.15) is 69.2 Å². The second kappa shape index (κ2) is 9.01. The van der Waals surface area contributed by atoms with Crippen molar-refractivity contribution in [2.45, 2.75) is 67.7 Å². The van der Waals surface area contributed by atoms with Gasteiger partial charge < -0.3 is 0 Å². The van der Waals surface area contributed by atoms with Crippen LogP contribution >= 0.6 is 0 Å². The molecule has 0 aliphatic rings. The number of hydrogen-bond acceptors (Lipinski definition) is 0. The summed E-state index contributed by atoms with van der Waals surface area (Å²) in [4.78, 5) is 0. The van der Waals surface area contributed by atoms with E-state index < -0.39 is 0 Å². The molecule has 0 nitrogen and oxygen atoms in total. The second-order valence-electron chi connectivity index (χ2n) is 6.41. The van der Waals surface area contributed by atoms with Gasteiger partial charge in [-0.3, -0.25) is 4.70 Å². The minimum atomic E-state index is 0. The van der Waals surface area contributed by atoms with Gasteiger partial charge in [-0.2, -0.15) is 0 Å². The predicted molar refractivity (Wildman–Crippen MR) is 75.6 cm³/mol. The first-order valence-corrected chi connectivity index (χ1v) is 6.84. The molecule has 0 rings (SSSR count). The van der Waals surface area contributed by atoms with Gasteiger partial charge >= 0.3 is 0 Å². The highest BCUT2D eigenvalue weighted by atomic mass is 19.0. The molecule has 3 atom stereocenters. The third-order valence-corrected chi connectivity index (χ3v) is 3.84. The molecular weight excluding hydrogens is 199 g/mol. The minimum absolute atomic E-state index is 0. The van der Waals surface area contributed by atoms with Gasteiger partial charge in [-0.25, -0.2) is 0 Å². The van der Waals surface area contributed by atoms with Gasteiger partial charge in [-0.15, -0.1) is 0 Å². The van der Waals surface area contributed by atoms with E-state index in [1.165, 1.54) is 19.3 Å². The fourth-order valence-electron chi connectivity index (χ4n) is 2.38. The van der Waals surface area contributed by atoms with Crippen LogP contribution in [0.2, 0.25) is 0 Å². The molecule has 0 bridgehead atoms. The zero-order valence-corrected chi connectivity index (χ0v) is 12.4. The fraction of sp³-hybridized carbons (Fsp3) is 1.00. The van der Waals surface area contributed by atoms with Crippen molar-refractivity contribution in [3.63, 3.8) is 0 Å². The first-order chi connectivity index (χ1) is 6.84. The summed E-state index contributed by atoms with van der Waals surface area (Å²) in [6, 6.07) is 0. The Hall–Kier alpha value is -0.0700. The summed E-state index contributed by atoms with van der Waals surface area (Å²) in [5.74, 6) is 4.36. The Morgan fingerprint density at radius 1 is 0.688 bits per heavy atom. The van der Waals surface area contributed by atoms with Crippen LogP contribution in [0.5, 0.6) is 0 Å². The first kappa shape index (κ1) is 18.3. The lowest BCUT2D eigenvalue weighted by molar-refractivity contribution is 0.227. The average molecular weight is 234 g/mol. The van der Waals surface area contributed by atoms with Crippen LogP contribution < -0.4 is 0 Å². The molecule has 0 fully saturated rings. The third kappa shape index (κ3) is 8.13. The maximum absolute atomic E-state index is 2.44. The molecule has 0 heterocycles. The van der Waals surface area contributed by atoms with Gasteiger partial charge in [0.05, 0.1) is 0 Å². The second-order valence-corrected chi connectivity index (χ2v) is 6.41. The Kier molecular flexibility index (Phi) is 10.3. The van der Waals surface area contributed by atoms with Crippen molar-refractivity contribution in [2.75, 3.05) is 0 Å². The molecule has 0 saturated carbocycles. The molecule has 0 saturated heterocycles. The summed E-state index contributed by atoms with van der Waals surface area (Å²) >= 11 is 0.